The van der Waals surface area contributed by atoms with Crippen LogP contribution in [0.25, 0.3) is 0 Å². The van der Waals surface area contributed by atoms with Gasteiger partial charge < -0.3 is 15.2 Å². The molecule has 0 saturated carbocycles. The molecule has 0 aliphatic carbocycles. The molecule has 2 N–H and O–H groups in total. The molecule has 0 spiro atoms. The number of carboxylic acid groups (broad SMARTS) is 1. The molecule has 1 unspecified atom stereocenters. The van der Waals surface area contributed by atoms with Crippen LogP contribution in [0.5, 0.6) is 0 Å². The van der Waals surface area contributed by atoms with Crippen LogP contribution in [-0.4, -0.2) is 34.6 Å². The van der Waals surface area contributed by atoms with Gasteiger partial charge in [-0.15, -0.1) is 11.3 Å². The fraction of sp³-hybridized carbons (Fsp3) is 0.500. The van der Waals surface area contributed by atoms with Crippen molar-refractivity contribution in [2.75, 3.05) is 0 Å². The minimum absolute atomic E-state index is 0.311. The molecular formula is C14H19NO5S. The molecule has 21 heavy (non-hydrogen) atoms. The molecular weight excluding hydrogens is 294 g/mol. The monoisotopic (exact) mass is 313 g/mol. The van der Waals surface area contributed by atoms with Gasteiger partial charge in [0.25, 0.3) is 0 Å². The Morgan fingerprint density at radius 3 is 2.38 bits per heavy atom. The fourth-order valence-corrected chi connectivity index (χ4v) is 2.34. The van der Waals surface area contributed by atoms with Gasteiger partial charge in [0.2, 0.25) is 0 Å². The summed E-state index contributed by atoms with van der Waals surface area (Å²) in [7, 11) is 0. The fourth-order valence-electron chi connectivity index (χ4n) is 1.52. The number of alkyl carbamates (subject to hydrolysis) is 1. The number of nitrogens with one attached hydrogen (secondary N) is 1. The van der Waals surface area contributed by atoms with Crippen molar-refractivity contribution in [1.29, 1.82) is 0 Å². The third kappa shape index (κ3) is 5.95. The predicted octanol–water partition coefficient (Wildman–Crippen LogP) is 2.61. The zero-order valence-corrected chi connectivity index (χ0v) is 13.2. The van der Waals surface area contributed by atoms with E-state index in [1.165, 1.54) is 11.3 Å². The number of ether oxygens (including phenoxy) is 1. The second kappa shape index (κ2) is 6.71. The highest BCUT2D eigenvalue weighted by Gasteiger charge is 2.26. The topological polar surface area (TPSA) is 92.7 Å². The van der Waals surface area contributed by atoms with E-state index >= 15 is 0 Å². The van der Waals surface area contributed by atoms with Gasteiger partial charge in [0.1, 0.15) is 11.6 Å². The smallest absolute Gasteiger partial charge is 0.408 e. The van der Waals surface area contributed by atoms with Gasteiger partial charge in [0, 0.05) is 11.3 Å². The molecule has 0 saturated heterocycles. The molecule has 1 aromatic rings. The lowest BCUT2D eigenvalue weighted by Crippen LogP contribution is -2.44. The summed E-state index contributed by atoms with van der Waals surface area (Å²) in [6.45, 7) is 6.86. The highest BCUT2D eigenvalue weighted by atomic mass is 32.1. The molecule has 0 radical (unpaired) electrons. The molecule has 6 nitrogen and oxygen atoms in total. The summed E-state index contributed by atoms with van der Waals surface area (Å²) in [5.74, 6) is -1.60. The maximum absolute atomic E-state index is 12.0. The number of amides is 1. The van der Waals surface area contributed by atoms with Gasteiger partial charge in [-0.25, -0.2) is 9.59 Å². The zero-order chi connectivity index (χ0) is 16.2. The van der Waals surface area contributed by atoms with Crippen molar-refractivity contribution in [3.8, 4) is 0 Å². The average molecular weight is 313 g/mol. The molecule has 7 heteroatoms. The van der Waals surface area contributed by atoms with Crippen molar-refractivity contribution in [2.24, 2.45) is 0 Å². The van der Waals surface area contributed by atoms with E-state index in [0.29, 0.717) is 4.88 Å². The Labute approximate surface area is 127 Å². The third-order valence-corrected chi connectivity index (χ3v) is 3.44. The molecule has 0 bridgehead atoms. The van der Waals surface area contributed by atoms with Crippen LogP contribution in [0.1, 0.15) is 41.7 Å². The molecule has 0 fully saturated rings. The lowest BCUT2D eigenvalue weighted by Gasteiger charge is -2.21. The van der Waals surface area contributed by atoms with Crippen molar-refractivity contribution >= 4 is 29.2 Å². The van der Waals surface area contributed by atoms with Crippen LogP contribution in [0, 0.1) is 6.92 Å². The van der Waals surface area contributed by atoms with Crippen LogP contribution in [0.3, 0.4) is 0 Å². The van der Waals surface area contributed by atoms with Gasteiger partial charge in [-0.3, -0.25) is 4.79 Å². The number of aliphatic carboxylic acids is 1. The Balaban J connectivity index is 2.68. The SMILES string of the molecule is Cc1ccc(C(=O)CC(NC(=O)OC(C)(C)C)C(=O)O)s1. The number of hydrogen-bond acceptors (Lipinski definition) is 5. The molecule has 1 amide bonds. The number of aryl methyl sites for hydroxylation is 1. The highest BCUT2D eigenvalue weighted by Crippen LogP contribution is 2.17. The number of thiophene rings is 1. The Morgan fingerprint density at radius 1 is 1.33 bits per heavy atom. The van der Waals surface area contributed by atoms with E-state index in [4.69, 9.17) is 9.84 Å². The van der Waals surface area contributed by atoms with E-state index in [0.717, 1.165) is 4.88 Å². The van der Waals surface area contributed by atoms with Crippen LogP contribution in [-0.2, 0) is 9.53 Å². The van der Waals surface area contributed by atoms with Crippen LogP contribution < -0.4 is 5.32 Å². The maximum atomic E-state index is 12.0. The number of ketones is 1. The second-order valence-electron chi connectivity index (χ2n) is 5.57. The van der Waals surface area contributed by atoms with E-state index in [1.807, 2.05) is 6.92 Å². The summed E-state index contributed by atoms with van der Waals surface area (Å²) in [5.41, 5.74) is -0.734. The van der Waals surface area contributed by atoms with Crippen molar-refractivity contribution < 1.29 is 24.2 Å². The first-order chi connectivity index (χ1) is 9.58. The van der Waals surface area contributed by atoms with E-state index in [-0.39, 0.29) is 12.2 Å². The molecule has 0 aliphatic rings. The van der Waals surface area contributed by atoms with Crippen LogP contribution in [0.15, 0.2) is 12.1 Å². The molecule has 0 aliphatic heterocycles. The molecule has 1 rings (SSSR count). The van der Waals surface area contributed by atoms with Gasteiger partial charge in [-0.05, 0) is 39.8 Å². The first kappa shape index (κ1) is 17.2. The third-order valence-electron chi connectivity index (χ3n) is 2.39. The first-order valence-electron chi connectivity index (χ1n) is 6.40. The predicted molar refractivity (Wildman–Crippen MR) is 78.8 cm³/mol. The number of carbonyl (C=O) groups is 3. The van der Waals surface area contributed by atoms with Gasteiger partial charge in [-0.2, -0.15) is 0 Å². The maximum Gasteiger partial charge on any atom is 0.408 e. The standard InChI is InChI=1S/C14H19NO5S/c1-8-5-6-11(21-8)10(16)7-9(12(17)18)15-13(19)20-14(2,3)4/h5-6,9H,7H2,1-4H3,(H,15,19)(H,17,18). The summed E-state index contributed by atoms with van der Waals surface area (Å²) in [5, 5.41) is 11.3. The Kier molecular flexibility index (Phi) is 5.48. The first-order valence-corrected chi connectivity index (χ1v) is 7.22. The van der Waals surface area contributed by atoms with Crippen molar-refractivity contribution in [3.05, 3.63) is 21.9 Å². The van der Waals surface area contributed by atoms with E-state index in [9.17, 15) is 14.4 Å². The second-order valence-corrected chi connectivity index (χ2v) is 6.86. The Morgan fingerprint density at radius 2 is 1.95 bits per heavy atom. The van der Waals surface area contributed by atoms with Crippen LogP contribution in [0.4, 0.5) is 4.79 Å². The Hall–Kier alpha value is -1.89. The number of Topliss-reactive ketones (excluding diaryl/α,β-unsaturated/α-hetero) is 1. The molecule has 1 aromatic heterocycles. The summed E-state index contributed by atoms with van der Waals surface area (Å²) in [4.78, 5) is 36.2. The summed E-state index contributed by atoms with van der Waals surface area (Å²) < 4.78 is 4.99. The summed E-state index contributed by atoms with van der Waals surface area (Å²) in [6, 6.07) is 2.12. The number of hydrogen-bond donors (Lipinski definition) is 2. The van der Waals surface area contributed by atoms with Gasteiger partial charge in [-0.1, -0.05) is 0 Å². The minimum atomic E-state index is -1.31. The van der Waals surface area contributed by atoms with Gasteiger partial charge >= 0.3 is 12.1 Å². The molecule has 1 atom stereocenters. The summed E-state index contributed by atoms with van der Waals surface area (Å²) in [6.07, 6.45) is -1.17. The number of carboxylic acids is 1. The lowest BCUT2D eigenvalue weighted by atomic mass is 10.1. The van der Waals surface area contributed by atoms with Crippen LogP contribution >= 0.6 is 11.3 Å². The van der Waals surface area contributed by atoms with Crippen LogP contribution in [0.2, 0.25) is 0 Å². The van der Waals surface area contributed by atoms with Crippen molar-refractivity contribution in [3.63, 3.8) is 0 Å². The van der Waals surface area contributed by atoms with Crippen molar-refractivity contribution in [2.45, 2.75) is 45.8 Å². The quantitative estimate of drug-likeness (QED) is 0.815. The molecule has 1 heterocycles. The largest absolute Gasteiger partial charge is 0.480 e. The highest BCUT2D eigenvalue weighted by molar-refractivity contribution is 7.14. The zero-order valence-electron chi connectivity index (χ0n) is 12.4. The summed E-state index contributed by atoms with van der Waals surface area (Å²) >= 11 is 1.29. The molecule has 0 aromatic carbocycles. The van der Waals surface area contributed by atoms with Gasteiger partial charge in [0.15, 0.2) is 5.78 Å². The normalized spacial score (nSPS) is 12.6. The minimum Gasteiger partial charge on any atom is -0.480 e. The van der Waals surface area contributed by atoms with Crippen molar-refractivity contribution in [1.82, 2.24) is 5.32 Å². The average Bonchev–Trinajstić information content (AvgIpc) is 2.72. The van der Waals surface area contributed by atoms with E-state index < -0.39 is 23.7 Å². The Bertz CT molecular complexity index is 544. The molecule has 116 valence electrons. The van der Waals surface area contributed by atoms with E-state index in [2.05, 4.69) is 5.32 Å². The number of rotatable bonds is 5. The number of carbonyl (C=O) groups excluding carboxylic acids is 2. The lowest BCUT2D eigenvalue weighted by molar-refractivity contribution is -0.139. The van der Waals surface area contributed by atoms with Gasteiger partial charge in [0.05, 0.1) is 4.88 Å². The van der Waals surface area contributed by atoms with E-state index in [1.54, 1.807) is 32.9 Å².